The summed E-state index contributed by atoms with van der Waals surface area (Å²) in [4.78, 5) is 24.2. The van der Waals surface area contributed by atoms with Crippen LogP contribution in [0.3, 0.4) is 0 Å². The molecule has 1 rings (SSSR count). The van der Waals surface area contributed by atoms with Crippen molar-refractivity contribution in [1.82, 2.24) is 10.2 Å². The third-order valence-electron chi connectivity index (χ3n) is 2.90. The van der Waals surface area contributed by atoms with Crippen LogP contribution in [0.2, 0.25) is 0 Å². The van der Waals surface area contributed by atoms with Gasteiger partial charge in [0.2, 0.25) is 0 Å². The number of hydrogen-bond donors (Lipinski definition) is 2. The van der Waals surface area contributed by atoms with Gasteiger partial charge in [0.15, 0.2) is 0 Å². The number of hydrogen-bond acceptors (Lipinski definition) is 2. The van der Waals surface area contributed by atoms with Crippen LogP contribution in [0.5, 0.6) is 0 Å². The maximum absolute atomic E-state index is 12.0. The van der Waals surface area contributed by atoms with Crippen molar-refractivity contribution < 1.29 is 14.7 Å². The van der Waals surface area contributed by atoms with Crippen molar-refractivity contribution >= 4 is 27.9 Å². The third-order valence-corrected chi connectivity index (χ3v) is 3.39. The molecule has 6 heteroatoms. The number of amides is 2. The topological polar surface area (TPSA) is 69.6 Å². The Kier molecular flexibility index (Phi) is 6.51. The summed E-state index contributed by atoms with van der Waals surface area (Å²) in [6.07, 6.45) is 0.524. The van der Waals surface area contributed by atoms with E-state index in [1.165, 1.54) is 4.90 Å². The average Bonchev–Trinajstić information content (AvgIpc) is 2.37. The normalized spacial score (nSPS) is 11.8. The van der Waals surface area contributed by atoms with Crippen molar-refractivity contribution in [3.8, 4) is 0 Å². The van der Waals surface area contributed by atoms with E-state index in [1.54, 1.807) is 7.05 Å². The molecule has 110 valence electrons. The molecule has 1 atom stereocenters. The Hall–Kier alpha value is -1.56. The summed E-state index contributed by atoms with van der Waals surface area (Å²) in [5.41, 5.74) is 1.00. The predicted octanol–water partition coefficient (Wildman–Crippen LogP) is 2.84. The first-order valence-electron chi connectivity index (χ1n) is 6.40. The Morgan fingerprint density at radius 1 is 1.45 bits per heavy atom. The molecule has 0 bridgehead atoms. The number of rotatable bonds is 6. The molecule has 0 saturated heterocycles. The first-order valence-corrected chi connectivity index (χ1v) is 7.19. The first-order chi connectivity index (χ1) is 9.42. The lowest BCUT2D eigenvalue weighted by Gasteiger charge is -2.22. The van der Waals surface area contributed by atoms with E-state index < -0.39 is 5.97 Å². The molecule has 5 nitrogen and oxygen atoms in total. The molecule has 1 aromatic carbocycles. The highest BCUT2D eigenvalue weighted by Gasteiger charge is 2.16. The van der Waals surface area contributed by atoms with E-state index in [9.17, 15) is 9.59 Å². The molecule has 0 saturated carbocycles. The van der Waals surface area contributed by atoms with Gasteiger partial charge in [0.1, 0.15) is 0 Å². The fourth-order valence-electron chi connectivity index (χ4n) is 1.77. The molecular weight excluding hydrogens is 324 g/mol. The number of benzene rings is 1. The number of urea groups is 1. The summed E-state index contributed by atoms with van der Waals surface area (Å²) in [5.74, 6) is -0.910. The quantitative estimate of drug-likeness (QED) is 0.835. The van der Waals surface area contributed by atoms with E-state index in [4.69, 9.17) is 5.11 Å². The zero-order valence-electron chi connectivity index (χ0n) is 11.6. The van der Waals surface area contributed by atoms with Crippen LogP contribution < -0.4 is 5.32 Å². The van der Waals surface area contributed by atoms with E-state index in [2.05, 4.69) is 21.2 Å². The second kappa shape index (κ2) is 7.89. The maximum Gasteiger partial charge on any atom is 0.317 e. The summed E-state index contributed by atoms with van der Waals surface area (Å²) in [6, 6.07) is 7.10. The van der Waals surface area contributed by atoms with Crippen LogP contribution in [0.1, 0.15) is 25.3 Å². The van der Waals surface area contributed by atoms with Gasteiger partial charge in [0, 0.05) is 24.1 Å². The van der Waals surface area contributed by atoms with Gasteiger partial charge in [0.25, 0.3) is 0 Å². The van der Waals surface area contributed by atoms with Gasteiger partial charge in [-0.15, -0.1) is 0 Å². The summed E-state index contributed by atoms with van der Waals surface area (Å²) in [5, 5.41) is 11.5. The summed E-state index contributed by atoms with van der Waals surface area (Å²) in [7, 11) is 1.68. The minimum absolute atomic E-state index is 0.0625. The van der Waals surface area contributed by atoms with E-state index >= 15 is 0 Å². The standard InChI is InChI=1S/C14H19BrN2O3/c1-3-12(8-13(18)19)16-14(20)17(2)9-10-5-4-6-11(15)7-10/h4-7,12H,3,8-9H2,1-2H3,(H,16,20)(H,18,19). The van der Waals surface area contributed by atoms with Crippen molar-refractivity contribution in [2.45, 2.75) is 32.4 Å². The van der Waals surface area contributed by atoms with Crippen molar-refractivity contribution in [3.63, 3.8) is 0 Å². The average molecular weight is 343 g/mol. The fourth-order valence-corrected chi connectivity index (χ4v) is 2.22. The minimum atomic E-state index is -0.910. The van der Waals surface area contributed by atoms with Crippen LogP contribution in [-0.2, 0) is 11.3 Å². The van der Waals surface area contributed by atoms with Gasteiger partial charge in [-0.3, -0.25) is 4.79 Å². The molecule has 0 aliphatic heterocycles. The molecular formula is C14H19BrN2O3. The van der Waals surface area contributed by atoms with Gasteiger partial charge < -0.3 is 15.3 Å². The third kappa shape index (κ3) is 5.61. The Labute approximate surface area is 127 Å². The lowest BCUT2D eigenvalue weighted by atomic mass is 10.1. The van der Waals surface area contributed by atoms with Gasteiger partial charge in [-0.05, 0) is 24.1 Å². The molecule has 20 heavy (non-hydrogen) atoms. The van der Waals surface area contributed by atoms with Gasteiger partial charge in [0.05, 0.1) is 6.42 Å². The lowest BCUT2D eigenvalue weighted by molar-refractivity contribution is -0.137. The predicted molar refractivity (Wildman–Crippen MR) is 80.5 cm³/mol. The fraction of sp³-hybridized carbons (Fsp3) is 0.429. The molecule has 1 aromatic rings. The van der Waals surface area contributed by atoms with Crippen LogP contribution in [0.15, 0.2) is 28.7 Å². The lowest BCUT2D eigenvalue weighted by Crippen LogP contribution is -2.43. The molecule has 0 fully saturated rings. The van der Waals surface area contributed by atoms with Crippen LogP contribution in [0.25, 0.3) is 0 Å². The van der Waals surface area contributed by atoms with Gasteiger partial charge in [-0.25, -0.2) is 4.79 Å². The number of carbonyl (C=O) groups excluding carboxylic acids is 1. The van der Waals surface area contributed by atoms with Crippen molar-refractivity contribution in [2.75, 3.05) is 7.05 Å². The number of aliphatic carboxylic acids is 1. The number of nitrogens with zero attached hydrogens (tertiary/aromatic N) is 1. The molecule has 1 unspecified atom stereocenters. The number of halogens is 1. The highest BCUT2D eigenvalue weighted by Crippen LogP contribution is 2.13. The monoisotopic (exact) mass is 342 g/mol. The molecule has 0 aromatic heterocycles. The van der Waals surface area contributed by atoms with E-state index in [0.717, 1.165) is 10.0 Å². The Morgan fingerprint density at radius 3 is 2.70 bits per heavy atom. The number of carboxylic acid groups (broad SMARTS) is 1. The van der Waals surface area contributed by atoms with Crippen LogP contribution in [-0.4, -0.2) is 35.1 Å². The Balaban J connectivity index is 2.56. The SMILES string of the molecule is CCC(CC(=O)O)NC(=O)N(C)Cc1cccc(Br)c1. The van der Waals surface area contributed by atoms with Gasteiger partial charge >= 0.3 is 12.0 Å². The summed E-state index contributed by atoms with van der Waals surface area (Å²) in [6.45, 7) is 2.32. The van der Waals surface area contributed by atoms with Crippen molar-refractivity contribution in [2.24, 2.45) is 0 Å². The van der Waals surface area contributed by atoms with E-state index in [0.29, 0.717) is 13.0 Å². The van der Waals surface area contributed by atoms with Crippen LogP contribution in [0.4, 0.5) is 4.79 Å². The largest absolute Gasteiger partial charge is 0.481 e. The number of nitrogens with one attached hydrogen (secondary N) is 1. The maximum atomic E-state index is 12.0. The van der Waals surface area contributed by atoms with Crippen molar-refractivity contribution in [1.29, 1.82) is 0 Å². The molecule has 0 spiro atoms. The summed E-state index contributed by atoms with van der Waals surface area (Å²) < 4.78 is 0.959. The number of carboxylic acids is 1. The minimum Gasteiger partial charge on any atom is -0.481 e. The molecule has 0 aliphatic rings. The smallest absolute Gasteiger partial charge is 0.317 e. The highest BCUT2D eigenvalue weighted by atomic mass is 79.9. The Morgan fingerprint density at radius 2 is 2.15 bits per heavy atom. The summed E-state index contributed by atoms with van der Waals surface area (Å²) >= 11 is 3.38. The van der Waals surface area contributed by atoms with Gasteiger partial charge in [-0.1, -0.05) is 35.0 Å². The highest BCUT2D eigenvalue weighted by molar-refractivity contribution is 9.10. The zero-order valence-corrected chi connectivity index (χ0v) is 13.2. The van der Waals surface area contributed by atoms with Gasteiger partial charge in [-0.2, -0.15) is 0 Å². The number of carbonyl (C=O) groups is 2. The van der Waals surface area contributed by atoms with Crippen LogP contribution in [0, 0.1) is 0 Å². The van der Waals surface area contributed by atoms with Crippen molar-refractivity contribution in [3.05, 3.63) is 34.3 Å². The van der Waals surface area contributed by atoms with Crippen LogP contribution >= 0.6 is 15.9 Å². The molecule has 0 aliphatic carbocycles. The molecule has 2 N–H and O–H groups in total. The van der Waals surface area contributed by atoms with E-state index in [1.807, 2.05) is 31.2 Å². The molecule has 0 radical (unpaired) electrons. The second-order valence-electron chi connectivity index (χ2n) is 4.64. The second-order valence-corrected chi connectivity index (χ2v) is 5.55. The zero-order chi connectivity index (χ0) is 15.1. The van der Waals surface area contributed by atoms with E-state index in [-0.39, 0.29) is 18.5 Å². The first kappa shape index (κ1) is 16.5. The Bertz CT molecular complexity index is 479. The molecule has 2 amide bonds. The molecule has 0 heterocycles.